The number of anilines is 1. The van der Waals surface area contributed by atoms with Crippen LogP contribution in [0, 0.1) is 6.92 Å². The van der Waals surface area contributed by atoms with E-state index < -0.39 is 11.7 Å². The normalized spacial score (nSPS) is 11.1. The van der Waals surface area contributed by atoms with Gasteiger partial charge in [-0.25, -0.2) is 9.78 Å². The van der Waals surface area contributed by atoms with Gasteiger partial charge in [0, 0.05) is 19.3 Å². The van der Waals surface area contributed by atoms with Crippen molar-refractivity contribution in [3.05, 3.63) is 23.0 Å². The Morgan fingerprint density at radius 3 is 2.75 bits per heavy atom. The molecule has 0 atom stereocenters. The van der Waals surface area contributed by atoms with Crippen LogP contribution in [0.5, 0.6) is 0 Å². The van der Waals surface area contributed by atoms with Gasteiger partial charge < -0.3 is 15.4 Å². The zero-order valence-corrected chi connectivity index (χ0v) is 13.2. The number of halogens is 1. The number of aromatic nitrogens is 1. The third kappa shape index (κ3) is 6.61. The number of aryl methyl sites for hydroxylation is 1. The van der Waals surface area contributed by atoms with Crippen molar-refractivity contribution in [2.75, 3.05) is 18.4 Å². The summed E-state index contributed by atoms with van der Waals surface area (Å²) in [5, 5.41) is 6.35. The molecule has 5 nitrogen and oxygen atoms in total. The summed E-state index contributed by atoms with van der Waals surface area (Å²) in [6.45, 7) is 8.70. The SMILES string of the molecule is Cc1cnc(Cl)c(NCCCNC(=O)OC(C)(C)C)c1. The summed E-state index contributed by atoms with van der Waals surface area (Å²) >= 11 is 5.97. The van der Waals surface area contributed by atoms with E-state index in [-0.39, 0.29) is 0 Å². The van der Waals surface area contributed by atoms with Gasteiger partial charge in [0.15, 0.2) is 5.15 Å². The molecule has 20 heavy (non-hydrogen) atoms. The van der Waals surface area contributed by atoms with Crippen LogP contribution in [-0.2, 0) is 4.74 Å². The van der Waals surface area contributed by atoms with Crippen LogP contribution in [0.1, 0.15) is 32.8 Å². The topological polar surface area (TPSA) is 63.2 Å². The largest absolute Gasteiger partial charge is 0.444 e. The fraction of sp³-hybridized carbons (Fsp3) is 0.571. The van der Waals surface area contributed by atoms with Gasteiger partial charge in [0.2, 0.25) is 0 Å². The molecule has 0 aliphatic heterocycles. The lowest BCUT2D eigenvalue weighted by molar-refractivity contribution is 0.0528. The first-order valence-electron chi connectivity index (χ1n) is 6.61. The summed E-state index contributed by atoms with van der Waals surface area (Å²) in [7, 11) is 0. The number of alkyl carbamates (subject to hydrolysis) is 1. The van der Waals surface area contributed by atoms with E-state index in [1.807, 2.05) is 33.8 Å². The number of pyridine rings is 1. The first-order valence-corrected chi connectivity index (χ1v) is 6.98. The van der Waals surface area contributed by atoms with Crippen LogP contribution in [0.4, 0.5) is 10.5 Å². The molecule has 0 unspecified atom stereocenters. The minimum atomic E-state index is -0.469. The summed E-state index contributed by atoms with van der Waals surface area (Å²) in [5.41, 5.74) is 1.39. The minimum Gasteiger partial charge on any atom is -0.444 e. The van der Waals surface area contributed by atoms with Crippen LogP contribution < -0.4 is 10.6 Å². The average molecular weight is 300 g/mol. The van der Waals surface area contributed by atoms with Gasteiger partial charge in [0.25, 0.3) is 0 Å². The maximum Gasteiger partial charge on any atom is 0.407 e. The first-order chi connectivity index (χ1) is 9.28. The van der Waals surface area contributed by atoms with E-state index in [9.17, 15) is 4.79 Å². The number of nitrogens with one attached hydrogen (secondary N) is 2. The molecule has 1 aromatic rings. The fourth-order valence-electron chi connectivity index (χ4n) is 1.49. The van der Waals surface area contributed by atoms with E-state index in [1.165, 1.54) is 0 Å². The number of hydrogen-bond donors (Lipinski definition) is 2. The molecule has 1 rings (SSSR count). The molecule has 1 aromatic heterocycles. The molecule has 0 spiro atoms. The van der Waals surface area contributed by atoms with Crippen LogP contribution in [0.25, 0.3) is 0 Å². The van der Waals surface area contributed by atoms with Gasteiger partial charge in [-0.1, -0.05) is 11.6 Å². The number of carbonyl (C=O) groups is 1. The number of carbonyl (C=O) groups excluding carboxylic acids is 1. The van der Waals surface area contributed by atoms with Gasteiger partial charge in [-0.15, -0.1) is 0 Å². The van der Waals surface area contributed by atoms with Crippen molar-refractivity contribution < 1.29 is 9.53 Å². The van der Waals surface area contributed by atoms with E-state index in [0.717, 1.165) is 17.7 Å². The van der Waals surface area contributed by atoms with Crippen molar-refractivity contribution >= 4 is 23.4 Å². The molecule has 0 saturated heterocycles. The molecule has 0 radical (unpaired) electrons. The maximum absolute atomic E-state index is 11.4. The Balaban J connectivity index is 2.22. The van der Waals surface area contributed by atoms with Crippen LogP contribution in [0.15, 0.2) is 12.3 Å². The monoisotopic (exact) mass is 299 g/mol. The Morgan fingerprint density at radius 2 is 2.10 bits per heavy atom. The van der Waals surface area contributed by atoms with E-state index >= 15 is 0 Å². The number of rotatable bonds is 5. The van der Waals surface area contributed by atoms with Gasteiger partial charge >= 0.3 is 6.09 Å². The van der Waals surface area contributed by atoms with Crippen molar-refractivity contribution in [2.45, 2.75) is 39.7 Å². The number of amides is 1. The summed E-state index contributed by atoms with van der Waals surface area (Å²) < 4.78 is 5.14. The maximum atomic E-state index is 11.4. The van der Waals surface area contributed by atoms with Crippen molar-refractivity contribution in [2.24, 2.45) is 0 Å². The number of hydrogen-bond acceptors (Lipinski definition) is 4. The second-order valence-corrected chi connectivity index (χ2v) is 5.92. The molecule has 0 fully saturated rings. The Hall–Kier alpha value is -1.49. The standard InChI is InChI=1S/C14H22ClN3O2/c1-10-8-11(12(15)18-9-10)16-6-5-7-17-13(19)20-14(2,3)4/h8-9,16H,5-7H2,1-4H3,(H,17,19). The highest BCUT2D eigenvalue weighted by atomic mass is 35.5. The van der Waals surface area contributed by atoms with Crippen LogP contribution in [-0.4, -0.2) is 29.8 Å². The highest BCUT2D eigenvalue weighted by Gasteiger charge is 2.15. The Morgan fingerprint density at radius 1 is 1.40 bits per heavy atom. The quantitative estimate of drug-likeness (QED) is 0.646. The molecule has 0 aliphatic rings. The third-order valence-corrected chi connectivity index (χ3v) is 2.61. The van der Waals surface area contributed by atoms with E-state index in [1.54, 1.807) is 6.20 Å². The fourth-order valence-corrected chi connectivity index (χ4v) is 1.66. The lowest BCUT2D eigenvalue weighted by atomic mass is 10.2. The van der Waals surface area contributed by atoms with Gasteiger partial charge in [-0.2, -0.15) is 0 Å². The predicted octanol–water partition coefficient (Wildman–Crippen LogP) is 3.37. The molecule has 6 heteroatoms. The molecule has 0 aliphatic carbocycles. The second-order valence-electron chi connectivity index (χ2n) is 5.56. The number of ether oxygens (including phenoxy) is 1. The van der Waals surface area contributed by atoms with Gasteiger partial charge in [-0.3, -0.25) is 0 Å². The van der Waals surface area contributed by atoms with E-state index in [4.69, 9.17) is 16.3 Å². The van der Waals surface area contributed by atoms with E-state index in [2.05, 4.69) is 15.6 Å². The average Bonchev–Trinajstić information content (AvgIpc) is 2.30. The van der Waals surface area contributed by atoms with Crippen molar-refractivity contribution in [1.82, 2.24) is 10.3 Å². The second kappa shape index (κ2) is 7.33. The predicted molar refractivity (Wildman–Crippen MR) is 81.3 cm³/mol. The highest BCUT2D eigenvalue weighted by molar-refractivity contribution is 6.31. The molecule has 0 aromatic carbocycles. The summed E-state index contributed by atoms with van der Waals surface area (Å²) in [5.74, 6) is 0. The molecule has 1 heterocycles. The Kier molecular flexibility index (Phi) is 6.07. The molecule has 0 saturated carbocycles. The lowest BCUT2D eigenvalue weighted by Gasteiger charge is -2.19. The molecule has 2 N–H and O–H groups in total. The highest BCUT2D eigenvalue weighted by Crippen LogP contribution is 2.19. The van der Waals surface area contributed by atoms with Crippen LogP contribution >= 0.6 is 11.6 Å². The number of nitrogens with zero attached hydrogens (tertiary/aromatic N) is 1. The minimum absolute atomic E-state index is 0.396. The summed E-state index contributed by atoms with van der Waals surface area (Å²) in [4.78, 5) is 15.5. The third-order valence-electron chi connectivity index (χ3n) is 2.31. The zero-order valence-electron chi connectivity index (χ0n) is 12.4. The van der Waals surface area contributed by atoms with Crippen molar-refractivity contribution in [3.63, 3.8) is 0 Å². The Bertz CT molecular complexity index is 458. The summed E-state index contributed by atoms with van der Waals surface area (Å²) in [6.07, 6.45) is 2.09. The lowest BCUT2D eigenvalue weighted by Crippen LogP contribution is -2.33. The molecular formula is C14H22ClN3O2. The zero-order chi connectivity index (χ0) is 15.2. The molecule has 1 amide bonds. The first kappa shape index (κ1) is 16.6. The van der Waals surface area contributed by atoms with Crippen molar-refractivity contribution in [3.8, 4) is 0 Å². The van der Waals surface area contributed by atoms with Gasteiger partial charge in [0.1, 0.15) is 5.60 Å². The van der Waals surface area contributed by atoms with Crippen LogP contribution in [0.2, 0.25) is 5.15 Å². The molecule has 0 bridgehead atoms. The smallest absolute Gasteiger partial charge is 0.407 e. The van der Waals surface area contributed by atoms with Gasteiger partial charge in [0.05, 0.1) is 5.69 Å². The van der Waals surface area contributed by atoms with Gasteiger partial charge in [-0.05, 0) is 45.7 Å². The van der Waals surface area contributed by atoms with Crippen molar-refractivity contribution in [1.29, 1.82) is 0 Å². The summed E-state index contributed by atoms with van der Waals surface area (Å²) in [6, 6.07) is 1.94. The van der Waals surface area contributed by atoms with E-state index in [0.29, 0.717) is 18.2 Å². The molecule has 112 valence electrons. The Labute approximate surface area is 125 Å². The molecular weight excluding hydrogens is 278 g/mol. The van der Waals surface area contributed by atoms with Crippen LogP contribution in [0.3, 0.4) is 0 Å².